The molecule has 2 aromatic carbocycles. The first kappa shape index (κ1) is 24.2. The van der Waals surface area contributed by atoms with Crippen molar-refractivity contribution in [3.8, 4) is 22.8 Å². The van der Waals surface area contributed by atoms with E-state index in [2.05, 4.69) is 37.9 Å². The van der Waals surface area contributed by atoms with Crippen LogP contribution in [0.2, 0.25) is 0 Å². The Labute approximate surface area is 215 Å². The third-order valence-corrected chi connectivity index (χ3v) is 7.51. The SMILES string of the molecule is CC(C)(C)c1cc2c(cc1Sc1c(O)cc(-c3ccc(OCc4cccnc4)cc3)oc1=O)CCC2. The zero-order chi connectivity index (χ0) is 25.3. The van der Waals surface area contributed by atoms with Gasteiger partial charge in [-0.25, -0.2) is 4.79 Å². The largest absolute Gasteiger partial charge is 0.506 e. The van der Waals surface area contributed by atoms with Gasteiger partial charge >= 0.3 is 5.63 Å². The maximum absolute atomic E-state index is 13.0. The number of pyridine rings is 1. The number of nitrogens with zero attached hydrogens (tertiary/aromatic N) is 1. The third-order valence-electron chi connectivity index (χ3n) is 6.37. The van der Waals surface area contributed by atoms with Gasteiger partial charge in [0.1, 0.15) is 28.8 Å². The molecule has 0 radical (unpaired) electrons. The van der Waals surface area contributed by atoms with Gasteiger partial charge in [0.2, 0.25) is 0 Å². The molecular weight excluding hydrogens is 470 g/mol. The van der Waals surface area contributed by atoms with Crippen molar-refractivity contribution in [1.29, 1.82) is 0 Å². The standard InChI is InChI=1S/C30H29NO4S/c1-30(2,3)24-14-21-7-4-8-22(21)15-27(24)36-28-25(32)16-26(35-29(28)33)20-9-11-23(12-10-20)34-18-19-6-5-13-31-17-19/h5-6,9-17,32H,4,7-8,18H2,1-3H3. The van der Waals surface area contributed by atoms with Crippen LogP contribution in [-0.2, 0) is 24.9 Å². The molecule has 0 bridgehead atoms. The lowest BCUT2D eigenvalue weighted by atomic mass is 9.85. The van der Waals surface area contributed by atoms with Crippen LogP contribution >= 0.6 is 11.8 Å². The van der Waals surface area contributed by atoms with E-state index >= 15 is 0 Å². The second kappa shape index (κ2) is 9.86. The molecule has 0 fully saturated rings. The summed E-state index contributed by atoms with van der Waals surface area (Å²) >= 11 is 1.29. The first-order valence-corrected chi connectivity index (χ1v) is 12.9. The lowest BCUT2D eigenvalue weighted by Gasteiger charge is -2.24. The van der Waals surface area contributed by atoms with Gasteiger partial charge in [-0.2, -0.15) is 0 Å². The van der Waals surface area contributed by atoms with Crippen molar-refractivity contribution in [2.24, 2.45) is 0 Å². The van der Waals surface area contributed by atoms with Crippen LogP contribution < -0.4 is 10.4 Å². The number of fused-ring (bicyclic) bond motifs is 1. The van der Waals surface area contributed by atoms with Crippen LogP contribution in [0.1, 0.15) is 49.4 Å². The first-order valence-electron chi connectivity index (χ1n) is 12.1. The lowest BCUT2D eigenvalue weighted by molar-refractivity contribution is 0.306. The summed E-state index contributed by atoms with van der Waals surface area (Å²) in [4.78, 5) is 18.3. The van der Waals surface area contributed by atoms with Crippen molar-refractivity contribution in [2.75, 3.05) is 0 Å². The quantitative estimate of drug-likeness (QED) is 0.310. The van der Waals surface area contributed by atoms with Crippen LogP contribution in [0.5, 0.6) is 11.5 Å². The Morgan fingerprint density at radius 1 is 1.06 bits per heavy atom. The van der Waals surface area contributed by atoms with Gasteiger partial charge in [0.25, 0.3) is 0 Å². The van der Waals surface area contributed by atoms with E-state index in [1.807, 2.05) is 24.3 Å². The van der Waals surface area contributed by atoms with Crippen LogP contribution in [0.15, 0.2) is 86.0 Å². The Morgan fingerprint density at radius 2 is 1.81 bits per heavy atom. The second-order valence-electron chi connectivity index (χ2n) is 10.1. The van der Waals surface area contributed by atoms with E-state index in [0.717, 1.165) is 29.7 Å². The third kappa shape index (κ3) is 5.19. The molecule has 1 aliphatic carbocycles. The van der Waals surface area contributed by atoms with Gasteiger partial charge in [-0.15, -0.1) is 0 Å². The van der Waals surface area contributed by atoms with Gasteiger partial charge in [0, 0.05) is 34.5 Å². The van der Waals surface area contributed by atoms with Gasteiger partial charge in [0.15, 0.2) is 0 Å². The molecule has 0 unspecified atom stereocenters. The smallest absolute Gasteiger partial charge is 0.354 e. The predicted molar refractivity (Wildman–Crippen MR) is 142 cm³/mol. The Bertz CT molecular complexity index is 1440. The summed E-state index contributed by atoms with van der Waals surface area (Å²) < 4.78 is 11.5. The summed E-state index contributed by atoms with van der Waals surface area (Å²) in [5.74, 6) is 0.918. The molecule has 2 heterocycles. The number of rotatable bonds is 6. The van der Waals surface area contributed by atoms with Crippen molar-refractivity contribution in [1.82, 2.24) is 4.98 Å². The molecule has 5 rings (SSSR count). The van der Waals surface area contributed by atoms with E-state index in [9.17, 15) is 9.90 Å². The average molecular weight is 500 g/mol. The molecule has 5 nitrogen and oxygen atoms in total. The van der Waals surface area contributed by atoms with Gasteiger partial charge < -0.3 is 14.3 Å². The molecule has 6 heteroatoms. The van der Waals surface area contributed by atoms with E-state index in [4.69, 9.17) is 9.15 Å². The summed E-state index contributed by atoms with van der Waals surface area (Å²) in [6.45, 7) is 6.92. The van der Waals surface area contributed by atoms with Gasteiger partial charge in [-0.3, -0.25) is 4.98 Å². The zero-order valence-corrected chi connectivity index (χ0v) is 21.5. The van der Waals surface area contributed by atoms with E-state index in [1.54, 1.807) is 24.5 Å². The van der Waals surface area contributed by atoms with Crippen LogP contribution in [0, 0.1) is 0 Å². The lowest BCUT2D eigenvalue weighted by Crippen LogP contribution is -2.14. The molecule has 2 aromatic heterocycles. The summed E-state index contributed by atoms with van der Waals surface area (Å²) in [6.07, 6.45) is 6.79. The molecule has 1 aliphatic rings. The number of ether oxygens (including phenoxy) is 1. The molecule has 1 N–H and O–H groups in total. The van der Waals surface area contributed by atoms with Crippen LogP contribution in [-0.4, -0.2) is 10.1 Å². The molecule has 36 heavy (non-hydrogen) atoms. The number of aromatic hydroxyl groups is 1. The monoisotopic (exact) mass is 499 g/mol. The molecule has 0 saturated carbocycles. The molecule has 0 atom stereocenters. The molecule has 0 saturated heterocycles. The highest BCUT2D eigenvalue weighted by Crippen LogP contribution is 2.42. The van der Waals surface area contributed by atoms with Crippen LogP contribution in [0.3, 0.4) is 0 Å². The minimum Gasteiger partial charge on any atom is -0.506 e. The molecular formula is C30H29NO4S. The summed E-state index contributed by atoms with van der Waals surface area (Å²) in [5, 5.41) is 10.8. The first-order chi connectivity index (χ1) is 17.3. The number of benzene rings is 2. The van der Waals surface area contributed by atoms with Gasteiger partial charge in [-0.1, -0.05) is 44.7 Å². The van der Waals surface area contributed by atoms with Crippen LogP contribution in [0.25, 0.3) is 11.3 Å². The molecule has 0 aliphatic heterocycles. The summed E-state index contributed by atoms with van der Waals surface area (Å²) in [5.41, 5.74) is 4.92. The van der Waals surface area contributed by atoms with Crippen LogP contribution in [0.4, 0.5) is 0 Å². The maximum Gasteiger partial charge on any atom is 0.354 e. The molecule has 4 aromatic rings. The molecule has 0 spiro atoms. The van der Waals surface area contributed by atoms with Gasteiger partial charge in [0.05, 0.1) is 0 Å². The van der Waals surface area contributed by atoms with E-state index in [0.29, 0.717) is 23.7 Å². The Balaban J connectivity index is 1.38. The predicted octanol–water partition coefficient (Wildman–Crippen LogP) is 6.92. The highest BCUT2D eigenvalue weighted by atomic mass is 32.2. The highest BCUT2D eigenvalue weighted by Gasteiger charge is 2.25. The summed E-state index contributed by atoms with van der Waals surface area (Å²) in [6, 6.07) is 17.0. The van der Waals surface area contributed by atoms with Crippen molar-refractivity contribution in [3.05, 3.63) is 99.7 Å². The van der Waals surface area contributed by atoms with Crippen molar-refractivity contribution < 1.29 is 14.3 Å². The summed E-state index contributed by atoms with van der Waals surface area (Å²) in [7, 11) is 0. The topological polar surface area (TPSA) is 72.6 Å². The van der Waals surface area contributed by atoms with Crippen molar-refractivity contribution in [3.63, 3.8) is 0 Å². The Hall–Kier alpha value is -3.51. The van der Waals surface area contributed by atoms with Gasteiger partial charge in [-0.05, 0) is 77.8 Å². The fourth-order valence-corrected chi connectivity index (χ4v) is 5.64. The Kier molecular flexibility index (Phi) is 6.63. The molecule has 0 amide bonds. The minimum absolute atomic E-state index is 0.0801. The average Bonchev–Trinajstić information content (AvgIpc) is 3.32. The van der Waals surface area contributed by atoms with Crippen molar-refractivity contribution in [2.45, 2.75) is 61.8 Å². The van der Waals surface area contributed by atoms with E-state index in [-0.39, 0.29) is 16.1 Å². The van der Waals surface area contributed by atoms with E-state index < -0.39 is 5.63 Å². The van der Waals surface area contributed by atoms with Crippen molar-refractivity contribution >= 4 is 11.8 Å². The number of hydrogen-bond donors (Lipinski definition) is 1. The fraction of sp³-hybridized carbons (Fsp3) is 0.267. The fourth-order valence-electron chi connectivity index (χ4n) is 4.45. The highest BCUT2D eigenvalue weighted by molar-refractivity contribution is 7.99. The maximum atomic E-state index is 13.0. The second-order valence-corrected chi connectivity index (χ2v) is 11.2. The Morgan fingerprint density at radius 3 is 2.47 bits per heavy atom. The number of hydrogen-bond acceptors (Lipinski definition) is 6. The normalized spacial score (nSPS) is 13.0. The minimum atomic E-state index is -0.549. The molecule has 184 valence electrons. The number of aromatic nitrogens is 1. The number of aryl methyl sites for hydroxylation is 2. The zero-order valence-electron chi connectivity index (χ0n) is 20.7. The van der Waals surface area contributed by atoms with E-state index in [1.165, 1.54) is 34.5 Å².